The van der Waals surface area contributed by atoms with Crippen molar-refractivity contribution in [2.45, 2.75) is 20.3 Å². The van der Waals surface area contributed by atoms with E-state index in [1.54, 1.807) is 50.3 Å². The summed E-state index contributed by atoms with van der Waals surface area (Å²) < 4.78 is 0. The smallest absolute Gasteiger partial charge is 0.224 e. The van der Waals surface area contributed by atoms with Gasteiger partial charge in [-0.15, -0.1) is 0 Å². The lowest BCUT2D eigenvalue weighted by atomic mass is 10.1. The Morgan fingerprint density at radius 3 is 2.33 bits per heavy atom. The highest BCUT2D eigenvalue weighted by Crippen LogP contribution is 2.22. The third-order valence-electron chi connectivity index (χ3n) is 2.69. The van der Waals surface area contributed by atoms with E-state index >= 15 is 0 Å². The summed E-state index contributed by atoms with van der Waals surface area (Å²) in [5, 5.41) is 32.1. The van der Waals surface area contributed by atoms with Gasteiger partial charge >= 0.3 is 0 Å². The minimum absolute atomic E-state index is 0.123. The summed E-state index contributed by atoms with van der Waals surface area (Å²) >= 11 is 0. The van der Waals surface area contributed by atoms with E-state index in [0.29, 0.717) is 17.8 Å². The normalized spacial score (nSPS) is 8.71. The molecule has 0 spiro atoms. The first-order valence-corrected chi connectivity index (χ1v) is 6.17. The van der Waals surface area contributed by atoms with Crippen LogP contribution in [0.3, 0.4) is 0 Å². The molecule has 0 aliphatic heterocycles. The minimum atomic E-state index is -0.292. The van der Waals surface area contributed by atoms with Crippen LogP contribution in [0, 0.1) is 40.9 Å². The van der Waals surface area contributed by atoms with Gasteiger partial charge in [-0.1, -0.05) is 13.0 Å². The van der Waals surface area contributed by atoms with Crippen LogP contribution >= 0.6 is 0 Å². The van der Waals surface area contributed by atoms with E-state index in [1.807, 2.05) is 0 Å². The maximum Gasteiger partial charge on any atom is 0.224 e. The van der Waals surface area contributed by atoms with Crippen LogP contribution in [0.4, 0.5) is 11.4 Å². The summed E-state index contributed by atoms with van der Waals surface area (Å²) in [7, 11) is 0. The van der Waals surface area contributed by atoms with Gasteiger partial charge in [-0.2, -0.15) is 15.8 Å². The van der Waals surface area contributed by atoms with Crippen molar-refractivity contribution in [3.63, 3.8) is 0 Å². The summed E-state index contributed by atoms with van der Waals surface area (Å²) in [6, 6.07) is 10.3. The number of hydrogen-bond donors (Lipinski definition) is 2. The lowest BCUT2D eigenvalue weighted by Gasteiger charge is -2.11. The zero-order valence-electron chi connectivity index (χ0n) is 11.7. The van der Waals surface area contributed by atoms with Gasteiger partial charge in [0.2, 0.25) is 5.91 Å². The Labute approximate surface area is 122 Å². The molecular formula is C15H13N5O. The number of allylic oxidation sites excluding steroid dienone is 2. The number of nitriles is 3. The summed E-state index contributed by atoms with van der Waals surface area (Å²) in [4.78, 5) is 11.4. The second-order valence-electron chi connectivity index (χ2n) is 4.14. The first kappa shape index (κ1) is 15.8. The fourth-order valence-corrected chi connectivity index (χ4v) is 1.50. The average Bonchev–Trinajstić information content (AvgIpc) is 2.50. The standard InChI is InChI=1S/C15H13N5O/c1-3-15(21)19-12-5-4-10(2)13(6-12)20-14(9-18)11(7-16)8-17/h4-6,20H,3H2,1-2H3,(H,19,21). The van der Waals surface area contributed by atoms with Crippen molar-refractivity contribution in [1.82, 2.24) is 0 Å². The van der Waals surface area contributed by atoms with Crippen molar-refractivity contribution < 1.29 is 4.79 Å². The lowest BCUT2D eigenvalue weighted by Crippen LogP contribution is -2.10. The summed E-state index contributed by atoms with van der Waals surface area (Å²) in [5.41, 5.74) is 1.51. The number of nitrogens with zero attached hydrogens (tertiary/aromatic N) is 3. The van der Waals surface area contributed by atoms with E-state index in [1.165, 1.54) is 0 Å². The molecule has 1 amide bonds. The van der Waals surface area contributed by atoms with E-state index < -0.39 is 0 Å². The fraction of sp³-hybridized carbons (Fsp3) is 0.200. The van der Waals surface area contributed by atoms with Crippen molar-refractivity contribution in [2.24, 2.45) is 0 Å². The molecule has 0 bridgehead atoms. The Kier molecular flexibility index (Phi) is 5.50. The molecule has 0 aliphatic rings. The van der Waals surface area contributed by atoms with E-state index in [0.717, 1.165) is 5.56 Å². The number of hydrogen-bond acceptors (Lipinski definition) is 5. The molecule has 0 heterocycles. The van der Waals surface area contributed by atoms with Gasteiger partial charge in [-0.05, 0) is 24.6 Å². The Morgan fingerprint density at radius 2 is 1.81 bits per heavy atom. The maximum absolute atomic E-state index is 11.4. The third-order valence-corrected chi connectivity index (χ3v) is 2.69. The third kappa shape index (κ3) is 4.09. The maximum atomic E-state index is 11.4. The molecular weight excluding hydrogens is 266 g/mol. The quantitative estimate of drug-likeness (QED) is 0.822. The molecule has 104 valence electrons. The molecule has 1 aromatic rings. The first-order chi connectivity index (χ1) is 10.0. The van der Waals surface area contributed by atoms with Crippen molar-refractivity contribution in [3.8, 4) is 18.2 Å². The fourth-order valence-electron chi connectivity index (χ4n) is 1.50. The van der Waals surface area contributed by atoms with E-state index in [-0.39, 0.29) is 17.2 Å². The molecule has 0 unspecified atom stereocenters. The Morgan fingerprint density at radius 1 is 1.14 bits per heavy atom. The summed E-state index contributed by atoms with van der Waals surface area (Å²) in [6.07, 6.45) is 0.354. The number of rotatable bonds is 4. The topological polar surface area (TPSA) is 112 Å². The molecule has 0 radical (unpaired) electrons. The number of nitrogens with one attached hydrogen (secondary N) is 2. The number of benzene rings is 1. The Hall–Kier alpha value is -3.30. The highest BCUT2D eigenvalue weighted by molar-refractivity contribution is 5.91. The van der Waals surface area contributed by atoms with Crippen LogP contribution in [0.1, 0.15) is 18.9 Å². The summed E-state index contributed by atoms with van der Waals surface area (Å²) in [6.45, 7) is 3.55. The molecule has 0 saturated carbocycles. The lowest BCUT2D eigenvalue weighted by molar-refractivity contribution is -0.115. The van der Waals surface area contributed by atoms with Crippen molar-refractivity contribution in [2.75, 3.05) is 10.6 Å². The Balaban J connectivity index is 3.15. The highest BCUT2D eigenvalue weighted by Gasteiger charge is 2.09. The SMILES string of the molecule is CCC(=O)Nc1ccc(C)c(NC(C#N)=C(C#N)C#N)c1. The monoisotopic (exact) mass is 279 g/mol. The zero-order chi connectivity index (χ0) is 15.8. The number of carbonyl (C=O) groups is 1. The van der Waals surface area contributed by atoms with E-state index in [9.17, 15) is 4.79 Å². The number of carbonyl (C=O) groups excluding carboxylic acids is 1. The van der Waals surface area contributed by atoms with Gasteiger partial charge in [0, 0.05) is 17.8 Å². The largest absolute Gasteiger partial charge is 0.345 e. The van der Waals surface area contributed by atoms with Crippen LogP contribution in [0.15, 0.2) is 29.5 Å². The van der Waals surface area contributed by atoms with Crippen molar-refractivity contribution in [1.29, 1.82) is 15.8 Å². The van der Waals surface area contributed by atoms with Crippen LogP contribution in [-0.4, -0.2) is 5.91 Å². The van der Waals surface area contributed by atoms with Crippen LogP contribution in [0.25, 0.3) is 0 Å². The molecule has 6 nitrogen and oxygen atoms in total. The van der Waals surface area contributed by atoms with Gasteiger partial charge in [-0.25, -0.2) is 0 Å². The predicted octanol–water partition coefficient (Wildman–Crippen LogP) is 2.58. The predicted molar refractivity (Wildman–Crippen MR) is 77.6 cm³/mol. The molecule has 21 heavy (non-hydrogen) atoms. The highest BCUT2D eigenvalue weighted by atomic mass is 16.1. The second kappa shape index (κ2) is 7.33. The summed E-state index contributed by atoms with van der Waals surface area (Å²) in [5.74, 6) is -0.129. The molecule has 1 rings (SSSR count). The van der Waals surface area contributed by atoms with Crippen LogP contribution < -0.4 is 10.6 Å². The van der Waals surface area contributed by atoms with E-state index in [4.69, 9.17) is 15.8 Å². The van der Waals surface area contributed by atoms with Gasteiger partial charge in [0.25, 0.3) is 0 Å². The van der Waals surface area contributed by atoms with Crippen LogP contribution in [0.5, 0.6) is 0 Å². The molecule has 6 heteroatoms. The van der Waals surface area contributed by atoms with Gasteiger partial charge in [0.1, 0.15) is 23.9 Å². The molecule has 2 N–H and O–H groups in total. The second-order valence-corrected chi connectivity index (χ2v) is 4.14. The van der Waals surface area contributed by atoms with Gasteiger partial charge < -0.3 is 10.6 Å². The first-order valence-electron chi connectivity index (χ1n) is 6.17. The Bertz CT molecular complexity index is 697. The average molecular weight is 279 g/mol. The molecule has 0 fully saturated rings. The van der Waals surface area contributed by atoms with Crippen LogP contribution in [0.2, 0.25) is 0 Å². The van der Waals surface area contributed by atoms with Gasteiger partial charge in [-0.3, -0.25) is 4.79 Å². The van der Waals surface area contributed by atoms with Gasteiger partial charge in [0.15, 0.2) is 5.57 Å². The van der Waals surface area contributed by atoms with Crippen molar-refractivity contribution in [3.05, 3.63) is 35.0 Å². The minimum Gasteiger partial charge on any atom is -0.345 e. The van der Waals surface area contributed by atoms with E-state index in [2.05, 4.69) is 10.6 Å². The molecule has 0 saturated heterocycles. The zero-order valence-corrected chi connectivity index (χ0v) is 11.7. The van der Waals surface area contributed by atoms with Crippen molar-refractivity contribution >= 4 is 17.3 Å². The molecule has 0 aromatic heterocycles. The number of amides is 1. The molecule has 1 aromatic carbocycles. The number of aryl methyl sites for hydroxylation is 1. The van der Waals surface area contributed by atoms with Crippen LogP contribution in [-0.2, 0) is 4.79 Å². The molecule has 0 atom stereocenters. The number of anilines is 2. The van der Waals surface area contributed by atoms with Gasteiger partial charge in [0.05, 0.1) is 0 Å². The molecule has 0 aliphatic carbocycles.